The quantitative estimate of drug-likeness (QED) is 0.852. The number of carbonyl (C=O) groups is 1. The Hall–Kier alpha value is -1.52. The van der Waals surface area contributed by atoms with Crippen molar-refractivity contribution in [1.82, 2.24) is 9.62 Å². The molecule has 1 fully saturated rings. The van der Waals surface area contributed by atoms with Crippen LogP contribution in [0.15, 0.2) is 28.1 Å². The second-order valence-corrected chi connectivity index (χ2v) is 8.77. The lowest BCUT2D eigenvalue weighted by atomic mass is 9.97. The van der Waals surface area contributed by atoms with Crippen LogP contribution in [0.25, 0.3) is 0 Å². The van der Waals surface area contributed by atoms with Crippen LogP contribution < -0.4 is 5.32 Å². The van der Waals surface area contributed by atoms with Gasteiger partial charge in [-0.1, -0.05) is 11.8 Å². The third kappa shape index (κ3) is 4.01. The molecular weight excluding hydrogens is 372 g/mol. The van der Waals surface area contributed by atoms with Crippen molar-refractivity contribution in [2.75, 3.05) is 25.4 Å². The molecule has 1 amide bonds. The van der Waals surface area contributed by atoms with Crippen LogP contribution in [0.1, 0.15) is 12.8 Å². The van der Waals surface area contributed by atoms with E-state index in [0.717, 1.165) is 22.2 Å². The second kappa shape index (κ2) is 7.38. The zero-order valence-corrected chi connectivity index (χ0v) is 14.9. The van der Waals surface area contributed by atoms with Gasteiger partial charge in [-0.05, 0) is 31.0 Å². The van der Waals surface area contributed by atoms with Crippen molar-refractivity contribution in [3.63, 3.8) is 0 Å². The van der Waals surface area contributed by atoms with Crippen molar-refractivity contribution in [2.24, 2.45) is 10.9 Å². The van der Waals surface area contributed by atoms with Crippen molar-refractivity contribution < 1.29 is 22.0 Å². The number of piperidine rings is 1. The summed E-state index contributed by atoms with van der Waals surface area (Å²) < 4.78 is 53.2. The van der Waals surface area contributed by atoms with Crippen LogP contribution in [0.4, 0.5) is 8.78 Å². The van der Waals surface area contributed by atoms with E-state index in [1.807, 2.05) is 0 Å². The van der Waals surface area contributed by atoms with E-state index in [9.17, 15) is 22.0 Å². The van der Waals surface area contributed by atoms with E-state index >= 15 is 0 Å². The molecule has 2 aliphatic rings. The summed E-state index contributed by atoms with van der Waals surface area (Å²) in [6.07, 6.45) is 0.639. The van der Waals surface area contributed by atoms with Crippen molar-refractivity contribution >= 4 is 32.9 Å². The van der Waals surface area contributed by atoms with Gasteiger partial charge in [-0.3, -0.25) is 9.79 Å². The Bertz CT molecular complexity index is 806. The van der Waals surface area contributed by atoms with Gasteiger partial charge in [0.15, 0.2) is 5.17 Å². The molecule has 1 aromatic rings. The van der Waals surface area contributed by atoms with Gasteiger partial charge in [0.05, 0.1) is 6.54 Å². The molecule has 25 heavy (non-hydrogen) atoms. The number of benzene rings is 1. The molecule has 2 heterocycles. The largest absolute Gasteiger partial charge is 0.305 e. The number of thioether (sulfide) groups is 1. The van der Waals surface area contributed by atoms with Gasteiger partial charge in [-0.15, -0.1) is 0 Å². The predicted molar refractivity (Wildman–Crippen MR) is 90.7 cm³/mol. The minimum atomic E-state index is -4.13. The fraction of sp³-hybridized carbons (Fsp3) is 0.467. The maximum atomic E-state index is 13.8. The molecule has 6 nitrogen and oxygen atoms in total. The van der Waals surface area contributed by atoms with Crippen LogP contribution in [-0.4, -0.2) is 49.2 Å². The maximum absolute atomic E-state index is 13.8. The van der Waals surface area contributed by atoms with Crippen molar-refractivity contribution in [1.29, 1.82) is 0 Å². The lowest BCUT2D eigenvalue weighted by Crippen LogP contribution is -2.43. The van der Waals surface area contributed by atoms with E-state index in [2.05, 4.69) is 10.3 Å². The third-order valence-electron chi connectivity index (χ3n) is 4.15. The van der Waals surface area contributed by atoms with Crippen molar-refractivity contribution in [2.45, 2.75) is 17.7 Å². The van der Waals surface area contributed by atoms with E-state index in [-0.39, 0.29) is 24.9 Å². The number of amides is 1. The summed E-state index contributed by atoms with van der Waals surface area (Å²) in [6, 6.07) is 2.34. The standard InChI is InChI=1S/C15H17F2N3O3S2/c16-11-1-2-12(17)13(9-11)25(22,23)20-6-3-10(4-7-20)14(21)19-15-18-5-8-24-15/h1-2,9-10H,3-8H2,(H,18,19,21). The molecule has 2 aliphatic heterocycles. The van der Waals surface area contributed by atoms with Crippen LogP contribution >= 0.6 is 11.8 Å². The van der Waals surface area contributed by atoms with Crippen LogP contribution in [0.3, 0.4) is 0 Å². The summed E-state index contributed by atoms with van der Waals surface area (Å²) in [5, 5.41) is 3.35. The Morgan fingerprint density at radius 2 is 2.00 bits per heavy atom. The molecule has 136 valence electrons. The second-order valence-electron chi connectivity index (χ2n) is 5.78. The van der Waals surface area contributed by atoms with Gasteiger partial charge < -0.3 is 5.32 Å². The van der Waals surface area contributed by atoms with Crippen LogP contribution in [0.2, 0.25) is 0 Å². The molecule has 1 aromatic carbocycles. The van der Waals surface area contributed by atoms with E-state index < -0.39 is 26.6 Å². The van der Waals surface area contributed by atoms with Crippen LogP contribution in [-0.2, 0) is 14.8 Å². The Kier molecular flexibility index (Phi) is 5.40. The highest BCUT2D eigenvalue weighted by atomic mass is 32.2. The van der Waals surface area contributed by atoms with E-state index in [1.165, 1.54) is 11.8 Å². The lowest BCUT2D eigenvalue weighted by molar-refractivity contribution is -0.124. The maximum Gasteiger partial charge on any atom is 0.246 e. The molecule has 1 N–H and O–H groups in total. The Morgan fingerprint density at radius 1 is 1.28 bits per heavy atom. The monoisotopic (exact) mass is 389 g/mol. The summed E-state index contributed by atoms with van der Waals surface area (Å²) in [4.78, 5) is 15.7. The number of hydrogen-bond acceptors (Lipinski definition) is 5. The van der Waals surface area contributed by atoms with Gasteiger partial charge in [0.1, 0.15) is 16.5 Å². The number of carbonyl (C=O) groups excluding carboxylic acids is 1. The molecule has 0 aliphatic carbocycles. The number of nitrogens with one attached hydrogen (secondary N) is 1. The third-order valence-corrected chi connectivity index (χ3v) is 6.96. The minimum Gasteiger partial charge on any atom is -0.305 e. The summed E-state index contributed by atoms with van der Waals surface area (Å²) in [6.45, 7) is 0.835. The van der Waals surface area contributed by atoms with Gasteiger partial charge in [0.25, 0.3) is 0 Å². The molecule has 0 unspecified atom stereocenters. The number of aliphatic imine (C=N–C) groups is 1. The van der Waals surface area contributed by atoms with Crippen molar-refractivity contribution in [3.8, 4) is 0 Å². The normalized spacial score (nSPS) is 19.7. The first kappa shape index (κ1) is 18.3. The molecule has 3 rings (SSSR count). The van der Waals surface area contributed by atoms with E-state index in [0.29, 0.717) is 30.6 Å². The number of nitrogens with zero attached hydrogens (tertiary/aromatic N) is 2. The smallest absolute Gasteiger partial charge is 0.246 e. The molecule has 10 heteroatoms. The van der Waals surface area contributed by atoms with Gasteiger partial charge >= 0.3 is 0 Å². The first-order valence-electron chi connectivity index (χ1n) is 7.81. The zero-order valence-electron chi connectivity index (χ0n) is 13.2. The van der Waals surface area contributed by atoms with Gasteiger partial charge in [-0.2, -0.15) is 4.31 Å². The number of sulfonamides is 1. The lowest BCUT2D eigenvalue weighted by Gasteiger charge is -2.30. The molecule has 0 saturated carbocycles. The summed E-state index contributed by atoms with van der Waals surface area (Å²) in [5.41, 5.74) is 0. The molecule has 0 radical (unpaired) electrons. The first-order valence-corrected chi connectivity index (χ1v) is 10.2. The Morgan fingerprint density at radius 3 is 2.64 bits per heavy atom. The SMILES string of the molecule is O=C(NC1=NCCS1)C1CCN(S(=O)(=O)c2cc(F)ccc2F)CC1. The highest BCUT2D eigenvalue weighted by Gasteiger charge is 2.34. The fourth-order valence-electron chi connectivity index (χ4n) is 2.79. The average molecular weight is 389 g/mol. The molecule has 0 bridgehead atoms. The Balaban J connectivity index is 1.65. The average Bonchev–Trinajstić information content (AvgIpc) is 3.10. The van der Waals surface area contributed by atoms with Gasteiger partial charge in [0, 0.05) is 24.8 Å². The number of rotatable bonds is 3. The number of hydrogen-bond donors (Lipinski definition) is 1. The minimum absolute atomic E-state index is 0.0794. The topological polar surface area (TPSA) is 78.8 Å². The van der Waals surface area contributed by atoms with Gasteiger partial charge in [-0.25, -0.2) is 17.2 Å². The van der Waals surface area contributed by atoms with Crippen LogP contribution in [0, 0.1) is 17.6 Å². The summed E-state index contributed by atoms with van der Waals surface area (Å²) in [7, 11) is -4.13. The van der Waals surface area contributed by atoms with Crippen LogP contribution in [0.5, 0.6) is 0 Å². The first-order chi connectivity index (χ1) is 11.9. The van der Waals surface area contributed by atoms with Crippen molar-refractivity contribution in [3.05, 3.63) is 29.8 Å². The van der Waals surface area contributed by atoms with E-state index in [1.54, 1.807) is 0 Å². The summed E-state index contributed by atoms with van der Waals surface area (Å²) >= 11 is 1.47. The van der Waals surface area contributed by atoms with Gasteiger partial charge in [0.2, 0.25) is 15.9 Å². The molecule has 0 aromatic heterocycles. The highest BCUT2D eigenvalue weighted by molar-refractivity contribution is 8.14. The number of halogens is 2. The van der Waals surface area contributed by atoms with E-state index in [4.69, 9.17) is 0 Å². The Labute approximate surface area is 148 Å². The molecular formula is C15H17F2N3O3S2. The highest BCUT2D eigenvalue weighted by Crippen LogP contribution is 2.26. The predicted octanol–water partition coefficient (Wildman–Crippen LogP) is 1.58. The number of amidine groups is 1. The molecule has 0 atom stereocenters. The molecule has 0 spiro atoms. The summed E-state index contributed by atoms with van der Waals surface area (Å²) in [5.74, 6) is -1.47. The fourth-order valence-corrected chi connectivity index (χ4v) is 5.07. The molecule has 1 saturated heterocycles. The zero-order chi connectivity index (χ0) is 18.0.